The zero-order chi connectivity index (χ0) is 12.0. The van der Waals surface area contributed by atoms with Crippen molar-refractivity contribution >= 4 is 11.8 Å². The Kier molecular flexibility index (Phi) is 5.37. The summed E-state index contributed by atoms with van der Waals surface area (Å²) in [6.45, 7) is 5.14. The molecule has 86 valence electrons. The van der Waals surface area contributed by atoms with E-state index >= 15 is 0 Å². The van der Waals surface area contributed by atoms with Gasteiger partial charge in [-0.05, 0) is 36.4 Å². The lowest BCUT2D eigenvalue weighted by molar-refractivity contribution is 0.525. The van der Waals surface area contributed by atoms with Crippen LogP contribution < -0.4 is 5.32 Å². The van der Waals surface area contributed by atoms with Crippen LogP contribution in [0.5, 0.6) is 0 Å². The monoisotopic (exact) mass is 234 g/mol. The molecule has 0 radical (unpaired) electrons. The predicted octanol–water partition coefficient (Wildman–Crippen LogP) is 3.22. The van der Waals surface area contributed by atoms with Gasteiger partial charge in [-0.1, -0.05) is 26.0 Å². The molecule has 0 fully saturated rings. The van der Waals surface area contributed by atoms with Crippen molar-refractivity contribution in [2.75, 3.05) is 12.8 Å². The summed E-state index contributed by atoms with van der Waals surface area (Å²) in [5.74, 6) is 0.557. The molecule has 0 heterocycles. The van der Waals surface area contributed by atoms with Crippen LogP contribution in [0, 0.1) is 17.2 Å². The Bertz CT molecular complexity index is 351. The molecule has 1 N–H and O–H groups in total. The van der Waals surface area contributed by atoms with E-state index in [1.54, 1.807) is 11.8 Å². The summed E-state index contributed by atoms with van der Waals surface area (Å²) < 4.78 is 0. The molecule has 0 aromatic heterocycles. The van der Waals surface area contributed by atoms with Crippen LogP contribution >= 0.6 is 11.8 Å². The molecule has 0 amide bonds. The molecule has 0 aliphatic heterocycles. The van der Waals surface area contributed by atoms with Crippen molar-refractivity contribution in [3.05, 3.63) is 29.8 Å². The van der Waals surface area contributed by atoms with E-state index in [0.29, 0.717) is 5.92 Å². The summed E-state index contributed by atoms with van der Waals surface area (Å²) in [5.41, 5.74) is 1.04. The van der Waals surface area contributed by atoms with Crippen molar-refractivity contribution < 1.29 is 0 Å². The minimum atomic E-state index is -0.196. The lowest BCUT2D eigenvalue weighted by atomic mass is 10.1. The van der Waals surface area contributed by atoms with Gasteiger partial charge in [0.1, 0.15) is 6.04 Å². The number of thioether (sulfide) groups is 1. The average molecular weight is 234 g/mol. The van der Waals surface area contributed by atoms with E-state index in [1.807, 2.05) is 18.4 Å². The molecule has 0 spiro atoms. The van der Waals surface area contributed by atoms with Gasteiger partial charge in [-0.15, -0.1) is 11.8 Å². The summed E-state index contributed by atoms with van der Waals surface area (Å²) in [7, 11) is 0. The first-order chi connectivity index (χ1) is 7.67. The Morgan fingerprint density at radius 1 is 1.31 bits per heavy atom. The molecule has 3 heteroatoms. The lowest BCUT2D eigenvalue weighted by Gasteiger charge is -2.13. The number of rotatable bonds is 5. The fourth-order valence-electron chi connectivity index (χ4n) is 1.39. The Labute approximate surface area is 102 Å². The minimum absolute atomic E-state index is 0.196. The second-order valence-corrected chi connectivity index (χ2v) is 5.02. The number of benzene rings is 1. The Hall–Kier alpha value is -0.980. The predicted molar refractivity (Wildman–Crippen MR) is 69.4 cm³/mol. The van der Waals surface area contributed by atoms with Gasteiger partial charge in [0.05, 0.1) is 6.07 Å². The Morgan fingerprint density at radius 3 is 2.38 bits per heavy atom. The third kappa shape index (κ3) is 3.88. The molecule has 1 unspecified atom stereocenters. The fraction of sp³-hybridized carbons (Fsp3) is 0.462. The number of nitrogens with one attached hydrogen (secondary N) is 1. The molecule has 0 bridgehead atoms. The molecule has 1 atom stereocenters. The second kappa shape index (κ2) is 6.57. The highest BCUT2D eigenvalue weighted by Crippen LogP contribution is 2.18. The zero-order valence-corrected chi connectivity index (χ0v) is 10.8. The SMILES string of the molecule is CSc1ccc(C(C#N)NCC(C)C)cc1. The standard InChI is InChI=1S/C13H18N2S/c1-10(2)9-15-13(8-14)11-4-6-12(16-3)7-5-11/h4-7,10,13,15H,9H2,1-3H3. The lowest BCUT2D eigenvalue weighted by Crippen LogP contribution is -2.24. The van der Waals surface area contributed by atoms with Crippen LogP contribution in [0.15, 0.2) is 29.2 Å². The smallest absolute Gasteiger partial charge is 0.121 e. The van der Waals surface area contributed by atoms with E-state index in [1.165, 1.54) is 4.90 Å². The van der Waals surface area contributed by atoms with Gasteiger partial charge in [0.15, 0.2) is 0 Å². The van der Waals surface area contributed by atoms with Crippen LogP contribution in [0.4, 0.5) is 0 Å². The van der Waals surface area contributed by atoms with Crippen LogP contribution in [-0.4, -0.2) is 12.8 Å². The molecule has 1 aromatic rings. The number of nitriles is 1. The van der Waals surface area contributed by atoms with Gasteiger partial charge < -0.3 is 0 Å². The van der Waals surface area contributed by atoms with Crippen molar-refractivity contribution in [2.45, 2.75) is 24.8 Å². The van der Waals surface area contributed by atoms with Crippen molar-refractivity contribution in [1.82, 2.24) is 5.32 Å². The maximum atomic E-state index is 9.10. The van der Waals surface area contributed by atoms with Crippen LogP contribution in [0.3, 0.4) is 0 Å². The number of hydrogen-bond donors (Lipinski definition) is 1. The third-order valence-electron chi connectivity index (χ3n) is 2.31. The van der Waals surface area contributed by atoms with Gasteiger partial charge in [-0.2, -0.15) is 5.26 Å². The molecule has 2 nitrogen and oxygen atoms in total. The zero-order valence-electron chi connectivity index (χ0n) is 10.0. The van der Waals surface area contributed by atoms with Gasteiger partial charge in [0.2, 0.25) is 0 Å². The summed E-state index contributed by atoms with van der Waals surface area (Å²) in [6.07, 6.45) is 2.05. The molecule has 0 saturated carbocycles. The topological polar surface area (TPSA) is 35.8 Å². The van der Waals surface area contributed by atoms with Gasteiger partial charge >= 0.3 is 0 Å². The third-order valence-corrected chi connectivity index (χ3v) is 3.05. The molecule has 0 aliphatic carbocycles. The summed E-state index contributed by atoms with van der Waals surface area (Å²) in [6, 6.07) is 10.3. The Morgan fingerprint density at radius 2 is 1.94 bits per heavy atom. The van der Waals surface area contributed by atoms with Crippen LogP contribution in [0.2, 0.25) is 0 Å². The maximum absolute atomic E-state index is 9.10. The van der Waals surface area contributed by atoms with Gasteiger partial charge in [0.25, 0.3) is 0 Å². The van der Waals surface area contributed by atoms with Gasteiger partial charge in [-0.3, -0.25) is 5.32 Å². The van der Waals surface area contributed by atoms with Crippen LogP contribution in [0.1, 0.15) is 25.5 Å². The summed E-state index contributed by atoms with van der Waals surface area (Å²) in [5, 5.41) is 12.4. The fourth-order valence-corrected chi connectivity index (χ4v) is 1.80. The molecular weight excluding hydrogens is 216 g/mol. The van der Waals surface area contributed by atoms with Gasteiger partial charge in [-0.25, -0.2) is 0 Å². The highest BCUT2D eigenvalue weighted by molar-refractivity contribution is 7.98. The van der Waals surface area contributed by atoms with Crippen LogP contribution in [-0.2, 0) is 0 Å². The first-order valence-electron chi connectivity index (χ1n) is 5.44. The highest BCUT2D eigenvalue weighted by Gasteiger charge is 2.09. The van der Waals surface area contributed by atoms with Gasteiger partial charge in [0, 0.05) is 4.90 Å². The minimum Gasteiger partial charge on any atom is -0.298 e. The van der Waals surface area contributed by atoms with Crippen molar-refractivity contribution in [3.8, 4) is 6.07 Å². The highest BCUT2D eigenvalue weighted by atomic mass is 32.2. The molecule has 1 rings (SSSR count). The van der Waals surface area contributed by atoms with E-state index in [2.05, 4.69) is 37.4 Å². The average Bonchev–Trinajstić information content (AvgIpc) is 2.30. The van der Waals surface area contributed by atoms with Crippen LogP contribution in [0.25, 0.3) is 0 Å². The summed E-state index contributed by atoms with van der Waals surface area (Å²) in [4.78, 5) is 1.23. The van der Waals surface area contributed by atoms with Crippen molar-refractivity contribution in [3.63, 3.8) is 0 Å². The molecule has 0 saturated heterocycles. The second-order valence-electron chi connectivity index (χ2n) is 4.14. The van der Waals surface area contributed by atoms with Crippen molar-refractivity contribution in [1.29, 1.82) is 5.26 Å². The molecular formula is C13H18N2S. The maximum Gasteiger partial charge on any atom is 0.121 e. The summed E-state index contributed by atoms with van der Waals surface area (Å²) >= 11 is 1.71. The largest absolute Gasteiger partial charge is 0.298 e. The van der Waals surface area contributed by atoms with Crippen molar-refractivity contribution in [2.24, 2.45) is 5.92 Å². The quantitative estimate of drug-likeness (QED) is 0.795. The number of nitrogens with zero attached hydrogens (tertiary/aromatic N) is 1. The van der Waals surface area contributed by atoms with E-state index in [4.69, 9.17) is 5.26 Å². The van der Waals surface area contributed by atoms with E-state index < -0.39 is 0 Å². The Balaban J connectivity index is 2.68. The first kappa shape index (κ1) is 13.1. The number of hydrogen-bond acceptors (Lipinski definition) is 3. The van der Waals surface area contributed by atoms with E-state index in [-0.39, 0.29) is 6.04 Å². The van der Waals surface area contributed by atoms with E-state index in [0.717, 1.165) is 12.1 Å². The first-order valence-corrected chi connectivity index (χ1v) is 6.66. The molecule has 16 heavy (non-hydrogen) atoms. The molecule has 0 aliphatic rings. The molecule has 1 aromatic carbocycles. The normalized spacial score (nSPS) is 12.4. The van der Waals surface area contributed by atoms with E-state index in [9.17, 15) is 0 Å².